The fraction of sp³-hybridized carbons (Fsp3) is 0.100. The molecule has 0 bridgehead atoms. The minimum atomic E-state index is -0.896. The molecule has 78 valence electrons. The largest absolute Gasteiger partial charge is 0.493 e. The van der Waals surface area contributed by atoms with Crippen molar-refractivity contribution in [2.75, 3.05) is 7.11 Å². The molecule has 5 heteroatoms. The lowest BCUT2D eigenvalue weighted by molar-refractivity contribution is 0.388. The van der Waals surface area contributed by atoms with Gasteiger partial charge in [-0.25, -0.2) is 0 Å². The highest BCUT2D eigenvalue weighted by molar-refractivity contribution is 9.10. The molecule has 0 aliphatic carbocycles. The smallest absolute Gasteiger partial charge is 0.288 e. The molecule has 0 unspecified atom stereocenters. The molecule has 0 aliphatic rings. The van der Waals surface area contributed by atoms with Gasteiger partial charge in [0.1, 0.15) is 0 Å². The monoisotopic (exact) mass is 271 g/mol. The van der Waals surface area contributed by atoms with Crippen molar-refractivity contribution in [3.05, 3.63) is 38.8 Å². The number of hydrogen-bond donors (Lipinski definition) is 1. The molecule has 1 heterocycles. The van der Waals surface area contributed by atoms with Crippen LogP contribution in [0.5, 0.6) is 5.75 Å². The Morgan fingerprint density at radius 2 is 2.20 bits per heavy atom. The Kier molecular flexibility index (Phi) is 2.48. The number of rotatable bonds is 1. The van der Waals surface area contributed by atoms with Crippen LogP contribution in [-0.2, 0) is 0 Å². The predicted octanol–water partition coefficient (Wildman–Crippen LogP) is 2.44. The topological polar surface area (TPSA) is 42.1 Å². The Morgan fingerprint density at radius 3 is 2.87 bits per heavy atom. The highest BCUT2D eigenvalue weighted by Crippen LogP contribution is 2.26. The molecule has 0 aliphatic heterocycles. The van der Waals surface area contributed by atoms with Gasteiger partial charge in [-0.05, 0) is 18.2 Å². The number of H-pyrrole nitrogens is 1. The highest BCUT2D eigenvalue weighted by atomic mass is 79.9. The second-order valence-corrected chi connectivity index (χ2v) is 3.91. The van der Waals surface area contributed by atoms with E-state index in [4.69, 9.17) is 4.74 Å². The van der Waals surface area contributed by atoms with Crippen LogP contribution in [0.15, 0.2) is 27.5 Å². The van der Waals surface area contributed by atoms with E-state index in [1.54, 1.807) is 18.2 Å². The van der Waals surface area contributed by atoms with Gasteiger partial charge in [0, 0.05) is 9.86 Å². The summed E-state index contributed by atoms with van der Waals surface area (Å²) in [4.78, 5) is 13.6. The van der Waals surface area contributed by atoms with Crippen LogP contribution in [0.3, 0.4) is 0 Å². The zero-order valence-electron chi connectivity index (χ0n) is 7.80. The first-order chi connectivity index (χ1) is 7.13. The number of methoxy groups -OCH3 is 1. The van der Waals surface area contributed by atoms with E-state index >= 15 is 0 Å². The fourth-order valence-electron chi connectivity index (χ4n) is 1.42. The predicted molar refractivity (Wildman–Crippen MR) is 58.8 cm³/mol. The Hall–Kier alpha value is -1.36. The summed E-state index contributed by atoms with van der Waals surface area (Å²) in [5, 5.41) is 0.540. The van der Waals surface area contributed by atoms with Crippen LogP contribution in [0.1, 0.15) is 0 Å². The SMILES string of the molecule is COc1c(F)c(=O)[nH]c2cc(Br)ccc12. The van der Waals surface area contributed by atoms with Gasteiger partial charge in [-0.1, -0.05) is 15.9 Å². The molecule has 0 saturated carbocycles. The number of nitrogens with one attached hydrogen (secondary N) is 1. The lowest BCUT2D eigenvalue weighted by Gasteiger charge is -2.06. The molecule has 0 fully saturated rings. The molecule has 1 aromatic heterocycles. The van der Waals surface area contributed by atoms with Crippen molar-refractivity contribution in [2.24, 2.45) is 0 Å². The van der Waals surface area contributed by atoms with Crippen molar-refractivity contribution in [1.29, 1.82) is 0 Å². The first-order valence-corrected chi connectivity index (χ1v) is 4.98. The van der Waals surface area contributed by atoms with Gasteiger partial charge in [0.25, 0.3) is 5.56 Å². The molecule has 2 rings (SSSR count). The van der Waals surface area contributed by atoms with Crippen LogP contribution in [-0.4, -0.2) is 12.1 Å². The van der Waals surface area contributed by atoms with Gasteiger partial charge >= 0.3 is 0 Å². The molecule has 3 nitrogen and oxygen atoms in total. The Morgan fingerprint density at radius 1 is 1.47 bits per heavy atom. The number of halogens is 2. The second kappa shape index (κ2) is 3.66. The average Bonchev–Trinajstić information content (AvgIpc) is 2.20. The zero-order chi connectivity index (χ0) is 11.0. The average molecular weight is 272 g/mol. The lowest BCUT2D eigenvalue weighted by atomic mass is 10.2. The van der Waals surface area contributed by atoms with E-state index in [0.717, 1.165) is 4.47 Å². The van der Waals surface area contributed by atoms with E-state index in [9.17, 15) is 9.18 Å². The molecule has 0 amide bonds. The maximum absolute atomic E-state index is 13.4. The Bertz CT molecular complexity index is 579. The van der Waals surface area contributed by atoms with E-state index < -0.39 is 11.4 Å². The summed E-state index contributed by atoms with van der Waals surface area (Å²) >= 11 is 3.27. The van der Waals surface area contributed by atoms with Crippen molar-refractivity contribution in [3.63, 3.8) is 0 Å². The highest BCUT2D eigenvalue weighted by Gasteiger charge is 2.12. The van der Waals surface area contributed by atoms with Crippen molar-refractivity contribution >= 4 is 26.8 Å². The number of ether oxygens (including phenoxy) is 1. The summed E-state index contributed by atoms with van der Waals surface area (Å²) in [7, 11) is 1.33. The van der Waals surface area contributed by atoms with E-state index in [1.807, 2.05) is 0 Å². The number of fused-ring (bicyclic) bond motifs is 1. The molecule has 0 atom stereocenters. The molecular weight excluding hydrogens is 265 g/mol. The van der Waals surface area contributed by atoms with Crippen molar-refractivity contribution < 1.29 is 9.13 Å². The maximum atomic E-state index is 13.4. The number of aromatic nitrogens is 1. The summed E-state index contributed by atoms with van der Waals surface area (Å²) in [6, 6.07) is 5.12. The number of benzene rings is 1. The van der Waals surface area contributed by atoms with E-state index in [2.05, 4.69) is 20.9 Å². The van der Waals surface area contributed by atoms with E-state index in [0.29, 0.717) is 10.9 Å². The van der Waals surface area contributed by atoms with Crippen molar-refractivity contribution in [1.82, 2.24) is 4.98 Å². The van der Waals surface area contributed by atoms with Crippen LogP contribution >= 0.6 is 15.9 Å². The summed E-state index contributed by atoms with van der Waals surface area (Å²) in [5.74, 6) is -0.923. The molecular formula is C10H7BrFNO2. The number of aromatic amines is 1. The minimum Gasteiger partial charge on any atom is -0.493 e. The first-order valence-electron chi connectivity index (χ1n) is 4.18. The Labute approximate surface area is 93.0 Å². The molecule has 1 N–H and O–H groups in total. The van der Waals surface area contributed by atoms with Gasteiger partial charge < -0.3 is 9.72 Å². The number of hydrogen-bond acceptors (Lipinski definition) is 2. The van der Waals surface area contributed by atoms with Crippen LogP contribution in [0.2, 0.25) is 0 Å². The zero-order valence-corrected chi connectivity index (χ0v) is 9.39. The minimum absolute atomic E-state index is 0.0266. The summed E-state index contributed by atoms with van der Waals surface area (Å²) < 4.78 is 19.0. The summed E-state index contributed by atoms with van der Waals surface area (Å²) in [6.07, 6.45) is 0. The molecule has 0 spiro atoms. The third-order valence-electron chi connectivity index (χ3n) is 2.08. The van der Waals surface area contributed by atoms with Crippen molar-refractivity contribution in [3.8, 4) is 5.75 Å². The first kappa shape index (κ1) is 10.2. The maximum Gasteiger partial charge on any atom is 0.288 e. The Balaban J connectivity index is 2.94. The quantitative estimate of drug-likeness (QED) is 0.866. The second-order valence-electron chi connectivity index (χ2n) is 2.99. The summed E-state index contributed by atoms with van der Waals surface area (Å²) in [5.41, 5.74) is -0.245. The molecule has 1 aromatic carbocycles. The van der Waals surface area contributed by atoms with Crippen LogP contribution < -0.4 is 10.3 Å². The van der Waals surface area contributed by atoms with Gasteiger partial charge in [0.05, 0.1) is 12.6 Å². The van der Waals surface area contributed by atoms with Gasteiger partial charge in [0.2, 0.25) is 5.82 Å². The standard InChI is InChI=1S/C10H7BrFNO2/c1-15-9-6-3-2-5(11)4-7(6)13-10(14)8(9)12/h2-4H,1H3,(H,13,14). The van der Waals surface area contributed by atoms with Gasteiger partial charge in [-0.2, -0.15) is 4.39 Å². The summed E-state index contributed by atoms with van der Waals surface area (Å²) in [6.45, 7) is 0. The third kappa shape index (κ3) is 1.63. The van der Waals surface area contributed by atoms with E-state index in [1.165, 1.54) is 7.11 Å². The normalized spacial score (nSPS) is 10.6. The molecule has 0 radical (unpaired) electrons. The van der Waals surface area contributed by atoms with Crippen LogP contribution in [0, 0.1) is 5.82 Å². The third-order valence-corrected chi connectivity index (χ3v) is 2.57. The molecule has 15 heavy (non-hydrogen) atoms. The van der Waals surface area contributed by atoms with E-state index in [-0.39, 0.29) is 5.75 Å². The van der Waals surface area contributed by atoms with Gasteiger partial charge in [-0.15, -0.1) is 0 Å². The van der Waals surface area contributed by atoms with Crippen LogP contribution in [0.25, 0.3) is 10.9 Å². The van der Waals surface area contributed by atoms with Crippen LogP contribution in [0.4, 0.5) is 4.39 Å². The molecule has 2 aromatic rings. The van der Waals surface area contributed by atoms with Gasteiger partial charge in [0.15, 0.2) is 5.75 Å². The van der Waals surface area contributed by atoms with Crippen molar-refractivity contribution in [2.45, 2.75) is 0 Å². The van der Waals surface area contributed by atoms with Gasteiger partial charge in [-0.3, -0.25) is 4.79 Å². The number of pyridine rings is 1. The lowest BCUT2D eigenvalue weighted by Crippen LogP contribution is -2.12. The molecule has 0 saturated heterocycles. The fourth-order valence-corrected chi connectivity index (χ4v) is 1.78.